The number of pyridine rings is 2. The van der Waals surface area contributed by atoms with Crippen LogP contribution in [0.2, 0.25) is 0 Å². The van der Waals surface area contributed by atoms with Crippen LogP contribution in [-0.2, 0) is 10.9 Å². The van der Waals surface area contributed by atoms with Gasteiger partial charge in [0.1, 0.15) is 24.6 Å². The highest BCUT2D eigenvalue weighted by atomic mass is 19.4. The third kappa shape index (κ3) is 5.00. The Hall–Kier alpha value is -3.83. The highest BCUT2D eigenvalue weighted by molar-refractivity contribution is 5.89. The van der Waals surface area contributed by atoms with Crippen molar-refractivity contribution in [1.82, 2.24) is 19.9 Å². The second-order valence-electron chi connectivity index (χ2n) is 8.12. The maximum Gasteiger partial charge on any atom is 0.433 e. The van der Waals surface area contributed by atoms with Gasteiger partial charge >= 0.3 is 12.3 Å². The van der Waals surface area contributed by atoms with Crippen molar-refractivity contribution in [2.45, 2.75) is 45.2 Å². The molecule has 3 aromatic heterocycles. The van der Waals surface area contributed by atoms with Gasteiger partial charge in [0.05, 0.1) is 11.7 Å². The molecule has 12 heteroatoms. The van der Waals surface area contributed by atoms with E-state index in [1.165, 1.54) is 43.7 Å². The molecule has 8 nitrogen and oxygen atoms in total. The SMILES string of the molecule is Cc1cc([C@H](C)Nc2nccc(N3C(=O)OC[C@@H]3[C@H](C)F)n2)nc(C(F)(F)F)c1-c1ccncc1. The summed E-state index contributed by atoms with van der Waals surface area (Å²) >= 11 is 0. The van der Waals surface area contributed by atoms with Gasteiger partial charge in [-0.25, -0.2) is 19.2 Å². The third-order valence-corrected chi connectivity index (χ3v) is 5.59. The van der Waals surface area contributed by atoms with Crippen molar-refractivity contribution in [1.29, 1.82) is 0 Å². The Bertz CT molecular complexity index is 1220. The second-order valence-corrected chi connectivity index (χ2v) is 8.12. The fourth-order valence-electron chi connectivity index (χ4n) is 3.87. The van der Waals surface area contributed by atoms with Crippen molar-refractivity contribution in [3.05, 3.63) is 59.8 Å². The Morgan fingerprint density at radius 2 is 1.86 bits per heavy atom. The average molecular weight is 490 g/mol. The summed E-state index contributed by atoms with van der Waals surface area (Å²) in [4.78, 5) is 29.3. The van der Waals surface area contributed by atoms with Crippen molar-refractivity contribution in [2.24, 2.45) is 0 Å². The summed E-state index contributed by atoms with van der Waals surface area (Å²) in [5.41, 5.74) is -0.168. The van der Waals surface area contributed by atoms with E-state index in [0.29, 0.717) is 11.1 Å². The fourth-order valence-corrected chi connectivity index (χ4v) is 3.87. The normalized spacial score (nSPS) is 17.7. The molecule has 1 saturated heterocycles. The highest BCUT2D eigenvalue weighted by Crippen LogP contribution is 2.38. The van der Waals surface area contributed by atoms with Crippen LogP contribution in [-0.4, -0.2) is 44.8 Å². The van der Waals surface area contributed by atoms with Crippen LogP contribution < -0.4 is 10.2 Å². The lowest BCUT2D eigenvalue weighted by Gasteiger charge is -2.22. The van der Waals surface area contributed by atoms with E-state index in [9.17, 15) is 22.4 Å². The molecule has 3 aromatic rings. The zero-order chi connectivity index (χ0) is 25.3. The number of carbonyl (C=O) groups excluding carboxylic acids is 1. The van der Waals surface area contributed by atoms with Crippen molar-refractivity contribution < 1.29 is 27.1 Å². The quantitative estimate of drug-likeness (QED) is 0.480. The number of hydrogen-bond acceptors (Lipinski definition) is 7. The first-order valence-electron chi connectivity index (χ1n) is 10.7. The fraction of sp³-hybridized carbons (Fsp3) is 0.348. The van der Waals surface area contributed by atoms with Gasteiger partial charge in [0.25, 0.3) is 0 Å². The molecule has 0 bridgehead atoms. The molecule has 1 amide bonds. The number of alkyl halides is 4. The topological polar surface area (TPSA) is 93.1 Å². The number of carbonyl (C=O) groups is 1. The van der Waals surface area contributed by atoms with E-state index in [-0.39, 0.29) is 29.6 Å². The molecular weight excluding hydrogens is 468 g/mol. The highest BCUT2D eigenvalue weighted by Gasteiger charge is 2.39. The van der Waals surface area contributed by atoms with Gasteiger partial charge in [0, 0.05) is 24.2 Å². The van der Waals surface area contributed by atoms with Gasteiger partial charge in [-0.15, -0.1) is 0 Å². The Morgan fingerprint density at radius 1 is 1.14 bits per heavy atom. The number of ether oxygens (including phenoxy) is 1. The molecule has 0 radical (unpaired) electrons. The first-order chi connectivity index (χ1) is 16.6. The summed E-state index contributed by atoms with van der Waals surface area (Å²) in [5.74, 6) is 0.144. The summed E-state index contributed by atoms with van der Waals surface area (Å²) in [7, 11) is 0. The number of amides is 1. The molecule has 4 heterocycles. The average Bonchev–Trinajstić information content (AvgIpc) is 3.20. The summed E-state index contributed by atoms with van der Waals surface area (Å²) in [6.45, 7) is 4.38. The van der Waals surface area contributed by atoms with Crippen LogP contribution in [0, 0.1) is 6.92 Å². The maximum absolute atomic E-state index is 13.9. The predicted octanol–water partition coefficient (Wildman–Crippen LogP) is 5.12. The molecular formula is C23H22F4N6O2. The van der Waals surface area contributed by atoms with Gasteiger partial charge in [-0.2, -0.15) is 18.2 Å². The number of anilines is 2. The van der Waals surface area contributed by atoms with Gasteiger partial charge in [0.15, 0.2) is 5.69 Å². The minimum Gasteiger partial charge on any atom is -0.447 e. The molecule has 1 aliphatic heterocycles. The lowest BCUT2D eigenvalue weighted by atomic mass is 9.97. The van der Waals surface area contributed by atoms with Crippen LogP contribution >= 0.6 is 0 Å². The standard InChI is InChI=1S/C23H22F4N6O2/c1-12-10-16(31-20(23(25,26)27)19(12)15-4-7-28-8-5-15)14(3)30-21-29-9-6-18(32-21)33-17(13(2)24)11-35-22(33)34/h4-10,13-14,17H,11H2,1-3H3,(H,29,30,32)/t13-,14-,17+/m0/s1. The zero-order valence-corrected chi connectivity index (χ0v) is 19.0. The Labute approximate surface area is 198 Å². The van der Waals surface area contributed by atoms with E-state index in [1.54, 1.807) is 19.9 Å². The summed E-state index contributed by atoms with van der Waals surface area (Å²) < 4.78 is 60.7. The number of cyclic esters (lactones) is 1. The summed E-state index contributed by atoms with van der Waals surface area (Å²) in [6.07, 6.45) is -2.60. The molecule has 0 aromatic carbocycles. The number of halogens is 4. The van der Waals surface area contributed by atoms with Crippen LogP contribution in [0.15, 0.2) is 42.9 Å². The van der Waals surface area contributed by atoms with E-state index in [0.717, 1.165) is 4.90 Å². The molecule has 1 aliphatic rings. The monoisotopic (exact) mass is 490 g/mol. The minimum atomic E-state index is -4.69. The summed E-state index contributed by atoms with van der Waals surface area (Å²) in [6, 6.07) is 4.40. The molecule has 35 heavy (non-hydrogen) atoms. The van der Waals surface area contributed by atoms with E-state index in [2.05, 4.69) is 25.3 Å². The van der Waals surface area contributed by atoms with Crippen molar-refractivity contribution in [2.75, 3.05) is 16.8 Å². The van der Waals surface area contributed by atoms with E-state index in [1.807, 2.05) is 0 Å². The predicted molar refractivity (Wildman–Crippen MR) is 119 cm³/mol. The van der Waals surface area contributed by atoms with Gasteiger partial charge in [-0.1, -0.05) is 0 Å². The van der Waals surface area contributed by atoms with E-state index in [4.69, 9.17) is 4.74 Å². The van der Waals surface area contributed by atoms with Crippen LogP contribution in [0.5, 0.6) is 0 Å². The maximum atomic E-state index is 13.9. The van der Waals surface area contributed by atoms with E-state index < -0.39 is 36.2 Å². The van der Waals surface area contributed by atoms with Crippen LogP contribution in [0.25, 0.3) is 11.1 Å². The first kappa shape index (κ1) is 24.3. The number of hydrogen-bond donors (Lipinski definition) is 1. The number of rotatable bonds is 6. The number of aryl methyl sites for hydroxylation is 1. The lowest BCUT2D eigenvalue weighted by molar-refractivity contribution is -0.140. The second kappa shape index (κ2) is 9.43. The molecule has 0 unspecified atom stereocenters. The minimum absolute atomic E-state index is 0.0203. The van der Waals surface area contributed by atoms with Crippen LogP contribution in [0.1, 0.15) is 36.8 Å². The molecule has 0 spiro atoms. The molecule has 4 rings (SSSR count). The lowest BCUT2D eigenvalue weighted by Crippen LogP contribution is -2.39. The van der Waals surface area contributed by atoms with Crippen molar-refractivity contribution in [3.8, 4) is 11.1 Å². The van der Waals surface area contributed by atoms with E-state index >= 15 is 0 Å². The number of nitrogens with one attached hydrogen (secondary N) is 1. The Morgan fingerprint density at radius 3 is 2.51 bits per heavy atom. The van der Waals surface area contributed by atoms with Gasteiger partial charge < -0.3 is 10.1 Å². The van der Waals surface area contributed by atoms with Crippen molar-refractivity contribution in [3.63, 3.8) is 0 Å². The molecule has 0 aliphatic carbocycles. The Kier molecular flexibility index (Phi) is 6.55. The van der Waals surface area contributed by atoms with Crippen molar-refractivity contribution >= 4 is 17.9 Å². The zero-order valence-electron chi connectivity index (χ0n) is 19.0. The largest absolute Gasteiger partial charge is 0.447 e. The van der Waals surface area contributed by atoms with Crippen LogP contribution in [0.4, 0.5) is 34.1 Å². The first-order valence-corrected chi connectivity index (χ1v) is 10.7. The number of aromatic nitrogens is 4. The summed E-state index contributed by atoms with van der Waals surface area (Å²) in [5, 5.41) is 2.91. The van der Waals surface area contributed by atoms with Crippen LogP contribution in [0.3, 0.4) is 0 Å². The molecule has 1 fully saturated rings. The smallest absolute Gasteiger partial charge is 0.433 e. The number of nitrogens with zero attached hydrogens (tertiary/aromatic N) is 5. The molecule has 1 N–H and O–H groups in total. The third-order valence-electron chi connectivity index (χ3n) is 5.59. The van der Waals surface area contributed by atoms with Gasteiger partial charge in [0.2, 0.25) is 5.95 Å². The molecule has 3 atom stereocenters. The molecule has 0 saturated carbocycles. The van der Waals surface area contributed by atoms with Gasteiger partial charge in [-0.05, 0) is 56.2 Å². The molecule has 184 valence electrons. The Balaban J connectivity index is 1.65. The van der Waals surface area contributed by atoms with Gasteiger partial charge in [-0.3, -0.25) is 9.88 Å².